The van der Waals surface area contributed by atoms with Crippen molar-refractivity contribution in [1.29, 1.82) is 0 Å². The third kappa shape index (κ3) is 3.41. The monoisotopic (exact) mass is 235 g/mol. The average molecular weight is 235 g/mol. The summed E-state index contributed by atoms with van der Waals surface area (Å²) in [5, 5.41) is 19.6. The summed E-state index contributed by atoms with van der Waals surface area (Å²) in [7, 11) is 0. The SMILES string of the molecule is O=C(O)c1cnnc(NCC2CCCCC2)c1. The third-order valence-corrected chi connectivity index (χ3v) is 3.20. The van der Waals surface area contributed by atoms with Crippen LogP contribution in [0.1, 0.15) is 42.5 Å². The fourth-order valence-corrected chi connectivity index (χ4v) is 2.21. The first-order chi connectivity index (χ1) is 8.25. The molecule has 0 aromatic carbocycles. The van der Waals surface area contributed by atoms with Crippen LogP contribution in [0.4, 0.5) is 5.82 Å². The van der Waals surface area contributed by atoms with Gasteiger partial charge in [0.1, 0.15) is 5.82 Å². The summed E-state index contributed by atoms with van der Waals surface area (Å²) < 4.78 is 0. The van der Waals surface area contributed by atoms with Gasteiger partial charge >= 0.3 is 5.97 Å². The Hall–Kier alpha value is -1.65. The molecule has 1 aliphatic rings. The van der Waals surface area contributed by atoms with E-state index >= 15 is 0 Å². The number of nitrogens with one attached hydrogen (secondary N) is 1. The quantitative estimate of drug-likeness (QED) is 0.836. The Morgan fingerprint density at radius 2 is 2.18 bits per heavy atom. The van der Waals surface area contributed by atoms with E-state index in [1.807, 2.05) is 0 Å². The molecule has 1 aromatic rings. The van der Waals surface area contributed by atoms with Crippen molar-refractivity contribution >= 4 is 11.8 Å². The van der Waals surface area contributed by atoms with Crippen molar-refractivity contribution in [3.05, 3.63) is 17.8 Å². The van der Waals surface area contributed by atoms with Crippen LogP contribution in [0.15, 0.2) is 12.3 Å². The van der Waals surface area contributed by atoms with E-state index in [0.717, 1.165) is 6.54 Å². The van der Waals surface area contributed by atoms with Crippen LogP contribution in [-0.2, 0) is 0 Å². The Labute approximate surface area is 100 Å². The van der Waals surface area contributed by atoms with Crippen molar-refractivity contribution in [2.24, 2.45) is 5.92 Å². The van der Waals surface area contributed by atoms with E-state index in [4.69, 9.17) is 5.11 Å². The Morgan fingerprint density at radius 1 is 1.41 bits per heavy atom. The molecule has 0 radical (unpaired) electrons. The predicted molar refractivity (Wildman–Crippen MR) is 64.1 cm³/mol. The van der Waals surface area contributed by atoms with Crippen molar-refractivity contribution in [3.8, 4) is 0 Å². The number of aromatic nitrogens is 2. The van der Waals surface area contributed by atoms with Crippen LogP contribution in [0.2, 0.25) is 0 Å². The van der Waals surface area contributed by atoms with E-state index in [2.05, 4.69) is 15.5 Å². The van der Waals surface area contributed by atoms with Crippen LogP contribution in [-0.4, -0.2) is 27.8 Å². The van der Waals surface area contributed by atoms with Crippen LogP contribution in [0.25, 0.3) is 0 Å². The summed E-state index contributed by atoms with van der Waals surface area (Å²) in [6, 6.07) is 1.53. The molecule has 2 N–H and O–H groups in total. The van der Waals surface area contributed by atoms with Crippen LogP contribution < -0.4 is 5.32 Å². The summed E-state index contributed by atoms with van der Waals surface area (Å²) in [5.74, 6) is 0.259. The maximum atomic E-state index is 10.8. The third-order valence-electron chi connectivity index (χ3n) is 3.20. The Balaban J connectivity index is 1.89. The average Bonchev–Trinajstić information content (AvgIpc) is 2.38. The van der Waals surface area contributed by atoms with Gasteiger partial charge in [-0.3, -0.25) is 0 Å². The molecule has 0 aliphatic heterocycles. The van der Waals surface area contributed by atoms with E-state index in [0.29, 0.717) is 11.7 Å². The highest BCUT2D eigenvalue weighted by Gasteiger charge is 2.13. The molecule has 1 heterocycles. The Morgan fingerprint density at radius 3 is 2.88 bits per heavy atom. The van der Waals surface area contributed by atoms with Gasteiger partial charge in [0, 0.05) is 6.54 Å². The molecule has 1 aromatic heterocycles. The van der Waals surface area contributed by atoms with Crippen molar-refractivity contribution in [1.82, 2.24) is 10.2 Å². The molecule has 92 valence electrons. The molecule has 0 saturated heterocycles. The number of nitrogens with zero attached hydrogens (tertiary/aromatic N) is 2. The zero-order valence-corrected chi connectivity index (χ0v) is 9.72. The predicted octanol–water partition coefficient (Wildman–Crippen LogP) is 2.17. The van der Waals surface area contributed by atoms with E-state index in [-0.39, 0.29) is 5.56 Å². The highest BCUT2D eigenvalue weighted by molar-refractivity contribution is 5.87. The standard InChI is InChI=1S/C12H17N3O2/c16-12(17)10-6-11(15-14-8-10)13-7-9-4-2-1-3-5-9/h6,8-9H,1-5,7H2,(H,13,15)(H,16,17). The zero-order chi connectivity index (χ0) is 12.1. The van der Waals surface area contributed by atoms with E-state index in [1.165, 1.54) is 44.4 Å². The molecule has 2 rings (SSSR count). The van der Waals surface area contributed by atoms with E-state index < -0.39 is 5.97 Å². The summed E-state index contributed by atoms with van der Waals surface area (Å²) in [5.41, 5.74) is 0.172. The molecule has 0 unspecified atom stereocenters. The lowest BCUT2D eigenvalue weighted by atomic mass is 9.89. The summed E-state index contributed by atoms with van der Waals surface area (Å²) in [4.78, 5) is 10.8. The molecule has 0 bridgehead atoms. The molecular weight excluding hydrogens is 218 g/mol. The van der Waals surface area contributed by atoms with Crippen LogP contribution in [0.5, 0.6) is 0 Å². The minimum Gasteiger partial charge on any atom is -0.478 e. The molecule has 0 atom stereocenters. The minimum atomic E-state index is -0.972. The van der Waals surface area contributed by atoms with Crippen LogP contribution in [0, 0.1) is 5.92 Å². The molecule has 17 heavy (non-hydrogen) atoms. The Bertz CT molecular complexity index is 389. The molecule has 1 fully saturated rings. The highest BCUT2D eigenvalue weighted by atomic mass is 16.4. The van der Waals surface area contributed by atoms with Gasteiger partial charge in [0.05, 0.1) is 11.8 Å². The smallest absolute Gasteiger partial charge is 0.337 e. The van der Waals surface area contributed by atoms with Crippen molar-refractivity contribution < 1.29 is 9.90 Å². The number of hydrogen-bond acceptors (Lipinski definition) is 4. The Kier molecular flexibility index (Phi) is 3.90. The second-order valence-corrected chi connectivity index (χ2v) is 4.52. The number of hydrogen-bond donors (Lipinski definition) is 2. The number of rotatable bonds is 4. The number of aromatic carboxylic acids is 1. The van der Waals surface area contributed by atoms with E-state index in [1.54, 1.807) is 0 Å². The fourth-order valence-electron chi connectivity index (χ4n) is 2.21. The number of carboxylic acid groups (broad SMARTS) is 1. The van der Waals surface area contributed by atoms with Crippen molar-refractivity contribution in [2.45, 2.75) is 32.1 Å². The van der Waals surface area contributed by atoms with Gasteiger partial charge < -0.3 is 10.4 Å². The lowest BCUT2D eigenvalue weighted by Crippen LogP contribution is -2.18. The molecule has 0 spiro atoms. The first-order valence-electron chi connectivity index (χ1n) is 6.05. The van der Waals surface area contributed by atoms with Gasteiger partial charge in [0.2, 0.25) is 0 Å². The summed E-state index contributed by atoms with van der Waals surface area (Å²) in [6.45, 7) is 0.859. The van der Waals surface area contributed by atoms with Crippen molar-refractivity contribution in [3.63, 3.8) is 0 Å². The second kappa shape index (κ2) is 5.61. The van der Waals surface area contributed by atoms with Crippen molar-refractivity contribution in [2.75, 3.05) is 11.9 Å². The largest absolute Gasteiger partial charge is 0.478 e. The highest BCUT2D eigenvalue weighted by Crippen LogP contribution is 2.23. The van der Waals surface area contributed by atoms with Crippen LogP contribution >= 0.6 is 0 Å². The van der Waals surface area contributed by atoms with Gasteiger partial charge in [-0.2, -0.15) is 5.10 Å². The molecule has 5 heteroatoms. The molecule has 1 aliphatic carbocycles. The van der Waals surface area contributed by atoms with Gasteiger partial charge in [-0.1, -0.05) is 19.3 Å². The topological polar surface area (TPSA) is 75.1 Å². The second-order valence-electron chi connectivity index (χ2n) is 4.52. The fraction of sp³-hybridized carbons (Fsp3) is 0.583. The van der Waals surface area contributed by atoms with E-state index in [9.17, 15) is 4.79 Å². The maximum absolute atomic E-state index is 10.8. The molecule has 0 amide bonds. The minimum absolute atomic E-state index is 0.172. The lowest BCUT2D eigenvalue weighted by molar-refractivity contribution is 0.0696. The number of carbonyl (C=O) groups is 1. The number of carboxylic acids is 1. The summed E-state index contributed by atoms with van der Waals surface area (Å²) >= 11 is 0. The normalized spacial score (nSPS) is 16.7. The molecule has 5 nitrogen and oxygen atoms in total. The maximum Gasteiger partial charge on any atom is 0.337 e. The van der Waals surface area contributed by atoms with Gasteiger partial charge in [0.25, 0.3) is 0 Å². The van der Waals surface area contributed by atoms with Gasteiger partial charge in [-0.15, -0.1) is 5.10 Å². The van der Waals surface area contributed by atoms with Gasteiger partial charge in [-0.25, -0.2) is 4.79 Å². The first-order valence-corrected chi connectivity index (χ1v) is 6.05. The first kappa shape index (κ1) is 11.8. The molecular formula is C12H17N3O2. The van der Waals surface area contributed by atoms with Gasteiger partial charge in [-0.05, 0) is 24.8 Å². The van der Waals surface area contributed by atoms with Gasteiger partial charge in [0.15, 0.2) is 0 Å². The molecule has 1 saturated carbocycles. The lowest BCUT2D eigenvalue weighted by Gasteiger charge is -2.21. The zero-order valence-electron chi connectivity index (χ0n) is 9.72. The number of anilines is 1. The summed E-state index contributed by atoms with van der Waals surface area (Å²) in [6.07, 6.45) is 7.69. The van der Waals surface area contributed by atoms with Crippen LogP contribution in [0.3, 0.4) is 0 Å².